The lowest BCUT2D eigenvalue weighted by molar-refractivity contribution is -0.0246. The fraction of sp³-hybridized carbons (Fsp3) is 0.379. The van der Waals surface area contributed by atoms with Crippen molar-refractivity contribution in [3.8, 4) is 0 Å². The van der Waals surface area contributed by atoms with Crippen molar-refractivity contribution in [3.63, 3.8) is 0 Å². The molecule has 1 amide bonds. The monoisotopic (exact) mass is 557 g/mol. The van der Waals surface area contributed by atoms with Crippen LogP contribution in [0.2, 0.25) is 10.0 Å². The molecule has 0 bridgehead atoms. The summed E-state index contributed by atoms with van der Waals surface area (Å²) in [7, 11) is 3.61. The van der Waals surface area contributed by atoms with E-state index in [1.54, 1.807) is 68.4 Å². The average Bonchev–Trinajstić information content (AvgIpc) is 3.38. The first-order valence-electron chi connectivity index (χ1n) is 12.4. The third kappa shape index (κ3) is 4.12. The van der Waals surface area contributed by atoms with E-state index in [0.717, 1.165) is 0 Å². The minimum atomic E-state index is -1.54. The molecule has 3 aromatic rings. The highest BCUT2D eigenvalue weighted by Crippen LogP contribution is 2.64. The zero-order valence-corrected chi connectivity index (χ0v) is 23.2. The maximum Gasteiger partial charge on any atom is 0.255 e. The van der Waals surface area contributed by atoms with E-state index in [1.165, 1.54) is 17.2 Å². The number of halogens is 3. The van der Waals surface area contributed by atoms with Crippen molar-refractivity contribution in [2.75, 3.05) is 20.6 Å². The van der Waals surface area contributed by atoms with Crippen LogP contribution in [-0.4, -0.2) is 57.1 Å². The Hall–Kier alpha value is -2.55. The number of likely N-dealkylation sites (N-methyl/N-ethyl adjacent to an activating group) is 1. The third-order valence-electron chi connectivity index (χ3n) is 7.85. The van der Waals surface area contributed by atoms with Crippen LogP contribution in [0.15, 0.2) is 54.7 Å². The zero-order chi connectivity index (χ0) is 27.6. The normalized spacial score (nSPS) is 26.0. The Morgan fingerprint density at radius 3 is 2.34 bits per heavy atom. The molecule has 1 aliphatic carbocycles. The second-order valence-electron chi connectivity index (χ2n) is 11.0. The largest absolute Gasteiger partial charge is 0.386 e. The summed E-state index contributed by atoms with van der Waals surface area (Å²) in [5, 5.41) is 24.2. The summed E-state index contributed by atoms with van der Waals surface area (Å²) in [6.07, 6.45) is 1.85. The molecule has 1 saturated carbocycles. The van der Waals surface area contributed by atoms with Crippen LogP contribution in [0.25, 0.3) is 0 Å². The number of amides is 1. The highest BCUT2D eigenvalue weighted by molar-refractivity contribution is 6.30. The summed E-state index contributed by atoms with van der Waals surface area (Å²) < 4.78 is 16.4. The molecular formula is C29H30Cl2FN3O3. The van der Waals surface area contributed by atoms with E-state index in [-0.39, 0.29) is 35.7 Å². The number of hydrogen-bond acceptors (Lipinski definition) is 5. The van der Waals surface area contributed by atoms with Crippen LogP contribution in [0.4, 0.5) is 4.39 Å². The lowest BCUT2D eigenvalue weighted by Crippen LogP contribution is -2.55. The molecule has 6 nitrogen and oxygen atoms in total. The summed E-state index contributed by atoms with van der Waals surface area (Å²) in [4.78, 5) is 21.9. The molecule has 0 spiro atoms. The van der Waals surface area contributed by atoms with E-state index in [0.29, 0.717) is 27.7 Å². The number of carbonyl (C=O) groups excluding carboxylic acids is 1. The van der Waals surface area contributed by atoms with E-state index in [1.807, 2.05) is 6.92 Å². The Morgan fingerprint density at radius 1 is 1.16 bits per heavy atom. The van der Waals surface area contributed by atoms with Gasteiger partial charge in [-0.25, -0.2) is 4.39 Å². The fourth-order valence-corrected chi connectivity index (χ4v) is 6.29. The Kier molecular flexibility index (Phi) is 6.60. The van der Waals surface area contributed by atoms with Gasteiger partial charge in [-0.1, -0.05) is 42.3 Å². The summed E-state index contributed by atoms with van der Waals surface area (Å²) in [5.41, 5.74) is -2.85. The standard InChI is InChI=1S/C29H30Cl2FN3O3/c1-17-13-28(17,38)29(18-5-7-20(30)8-6-18)25-23(11-19(12-24(25)32)27(2,37)16-34(3)4)26(36)35(29)15-22-10-9-21(31)14-33-22/h5-12,14,17,37-38H,13,15-16H2,1-4H3/t17?,27?,28?,29-/m1/s1. The molecular weight excluding hydrogens is 528 g/mol. The van der Waals surface area contributed by atoms with Gasteiger partial charge in [-0.15, -0.1) is 0 Å². The minimum absolute atomic E-state index is 0.00516. The van der Waals surface area contributed by atoms with E-state index in [9.17, 15) is 15.0 Å². The summed E-state index contributed by atoms with van der Waals surface area (Å²) in [5.74, 6) is -1.34. The molecule has 38 heavy (non-hydrogen) atoms. The molecule has 2 N–H and O–H groups in total. The van der Waals surface area contributed by atoms with E-state index >= 15 is 4.39 Å². The van der Waals surface area contributed by atoms with Gasteiger partial charge in [0.1, 0.15) is 11.4 Å². The highest BCUT2D eigenvalue weighted by atomic mass is 35.5. The molecule has 0 saturated heterocycles. The second-order valence-corrected chi connectivity index (χ2v) is 11.9. The van der Waals surface area contributed by atoms with Crippen molar-refractivity contribution < 1.29 is 19.4 Å². The molecule has 2 aliphatic rings. The van der Waals surface area contributed by atoms with Gasteiger partial charge in [0.25, 0.3) is 5.91 Å². The SMILES string of the molecule is CC1CC1(O)[C@@]1(c2ccc(Cl)cc2)c2c(F)cc(C(C)(O)CN(C)C)cc2C(=O)N1Cc1ccc(Cl)cn1. The van der Waals surface area contributed by atoms with Gasteiger partial charge in [-0.3, -0.25) is 9.78 Å². The first kappa shape index (κ1) is 27.0. The number of pyridine rings is 1. The molecule has 9 heteroatoms. The molecule has 1 fully saturated rings. The topological polar surface area (TPSA) is 76.9 Å². The molecule has 2 aromatic carbocycles. The van der Waals surface area contributed by atoms with Crippen molar-refractivity contribution in [3.05, 3.63) is 98.5 Å². The number of carbonyl (C=O) groups is 1. The quantitative estimate of drug-likeness (QED) is 0.429. The predicted octanol–water partition coefficient (Wildman–Crippen LogP) is 4.97. The molecule has 1 aliphatic heterocycles. The molecule has 2 heterocycles. The van der Waals surface area contributed by atoms with Crippen LogP contribution in [-0.2, 0) is 17.7 Å². The lowest BCUT2D eigenvalue weighted by atomic mass is 9.74. The van der Waals surface area contributed by atoms with Crippen LogP contribution in [0, 0.1) is 11.7 Å². The number of aliphatic hydroxyl groups is 2. The van der Waals surface area contributed by atoms with E-state index < -0.39 is 28.5 Å². The van der Waals surface area contributed by atoms with Crippen molar-refractivity contribution in [1.82, 2.24) is 14.8 Å². The smallest absolute Gasteiger partial charge is 0.255 e. The molecule has 0 radical (unpaired) electrons. The number of hydrogen-bond donors (Lipinski definition) is 2. The Bertz CT molecular complexity index is 1400. The van der Waals surface area contributed by atoms with E-state index in [2.05, 4.69) is 4.98 Å². The summed E-state index contributed by atoms with van der Waals surface area (Å²) in [6, 6.07) is 13.0. The van der Waals surface area contributed by atoms with Crippen LogP contribution in [0.3, 0.4) is 0 Å². The predicted molar refractivity (Wildman–Crippen MR) is 145 cm³/mol. The molecule has 200 valence electrons. The van der Waals surface area contributed by atoms with Gasteiger partial charge in [-0.2, -0.15) is 0 Å². The van der Waals surface area contributed by atoms with Gasteiger partial charge < -0.3 is 20.0 Å². The molecule has 4 atom stereocenters. The van der Waals surface area contributed by atoms with Crippen molar-refractivity contribution >= 4 is 29.1 Å². The Labute approximate surface area is 231 Å². The molecule has 3 unspecified atom stereocenters. The molecule has 1 aromatic heterocycles. The lowest BCUT2D eigenvalue weighted by Gasteiger charge is -2.44. The maximum atomic E-state index is 16.4. The molecule has 5 rings (SSSR count). The van der Waals surface area contributed by atoms with Crippen LogP contribution in [0.5, 0.6) is 0 Å². The summed E-state index contributed by atoms with van der Waals surface area (Å²) in [6.45, 7) is 3.70. The first-order chi connectivity index (χ1) is 17.8. The second kappa shape index (κ2) is 9.28. The number of benzene rings is 2. The van der Waals surface area contributed by atoms with Crippen molar-refractivity contribution in [2.45, 2.75) is 43.6 Å². The van der Waals surface area contributed by atoms with Gasteiger partial charge in [0.2, 0.25) is 0 Å². The van der Waals surface area contributed by atoms with E-state index in [4.69, 9.17) is 23.2 Å². The third-order valence-corrected chi connectivity index (χ3v) is 8.32. The highest BCUT2D eigenvalue weighted by Gasteiger charge is 2.72. The number of rotatable bonds is 7. The van der Waals surface area contributed by atoms with Crippen molar-refractivity contribution in [2.24, 2.45) is 5.92 Å². The van der Waals surface area contributed by atoms with Gasteiger partial charge in [0, 0.05) is 28.9 Å². The number of nitrogens with zero attached hydrogens (tertiary/aromatic N) is 3. The average molecular weight is 558 g/mol. The minimum Gasteiger partial charge on any atom is -0.386 e. The Balaban J connectivity index is 1.79. The van der Waals surface area contributed by atoms with Gasteiger partial charge in [0.15, 0.2) is 0 Å². The van der Waals surface area contributed by atoms with Gasteiger partial charge in [0.05, 0.1) is 28.5 Å². The first-order valence-corrected chi connectivity index (χ1v) is 13.2. The van der Waals surface area contributed by atoms with Crippen LogP contribution in [0.1, 0.15) is 53.0 Å². The van der Waals surface area contributed by atoms with Gasteiger partial charge >= 0.3 is 0 Å². The summed E-state index contributed by atoms with van der Waals surface area (Å²) >= 11 is 12.2. The van der Waals surface area contributed by atoms with Crippen LogP contribution >= 0.6 is 23.2 Å². The Morgan fingerprint density at radius 2 is 1.79 bits per heavy atom. The number of aromatic nitrogens is 1. The number of fused-ring (bicyclic) bond motifs is 1. The fourth-order valence-electron chi connectivity index (χ4n) is 6.05. The van der Waals surface area contributed by atoms with Crippen LogP contribution < -0.4 is 0 Å². The van der Waals surface area contributed by atoms with Crippen molar-refractivity contribution in [1.29, 1.82) is 0 Å². The van der Waals surface area contributed by atoms with Gasteiger partial charge in [-0.05, 0) is 80.9 Å². The maximum absolute atomic E-state index is 16.4. The zero-order valence-electron chi connectivity index (χ0n) is 21.7.